The molecule has 1 unspecified atom stereocenters. The molecule has 2 N–H and O–H groups in total. The topological polar surface area (TPSA) is 59.1 Å². The van der Waals surface area contributed by atoms with Crippen molar-refractivity contribution in [3.05, 3.63) is 22.8 Å². The molecule has 1 aliphatic heterocycles. The van der Waals surface area contributed by atoms with E-state index in [-0.39, 0.29) is 5.04 Å². The summed E-state index contributed by atoms with van der Waals surface area (Å²) < 4.78 is 7.68. The van der Waals surface area contributed by atoms with Crippen molar-refractivity contribution in [3.63, 3.8) is 0 Å². The number of nitrogens with zero attached hydrogens (tertiary/aromatic N) is 2. The van der Waals surface area contributed by atoms with Crippen LogP contribution in [0.15, 0.2) is 22.8 Å². The number of hydrogen-bond donors (Lipinski definition) is 2. The summed E-state index contributed by atoms with van der Waals surface area (Å²) in [6.07, 6.45) is 14.6. The summed E-state index contributed by atoms with van der Waals surface area (Å²) in [5.41, 5.74) is 0. The summed E-state index contributed by atoms with van der Waals surface area (Å²) in [4.78, 5) is 8.93. The van der Waals surface area contributed by atoms with Crippen molar-refractivity contribution < 1.29 is 4.43 Å². The van der Waals surface area contributed by atoms with Gasteiger partial charge in [0.2, 0.25) is 5.95 Å². The van der Waals surface area contributed by atoms with Crippen molar-refractivity contribution >= 4 is 36.0 Å². The minimum Gasteiger partial charge on any atom is -0.414 e. The van der Waals surface area contributed by atoms with Gasteiger partial charge in [-0.1, -0.05) is 32.9 Å². The minimum atomic E-state index is -1.74. The van der Waals surface area contributed by atoms with Crippen LogP contribution in [0.1, 0.15) is 65.7 Å². The Bertz CT molecular complexity index is 661. The largest absolute Gasteiger partial charge is 0.414 e. The Kier molecular flexibility index (Phi) is 9.62. The molecule has 29 heavy (non-hydrogen) atoms. The molecule has 2 heterocycles. The highest BCUT2D eigenvalue weighted by atomic mass is 79.9. The highest BCUT2D eigenvalue weighted by molar-refractivity contribution is 9.10. The molecule has 0 aromatic carbocycles. The van der Waals surface area contributed by atoms with Gasteiger partial charge in [0.15, 0.2) is 8.32 Å². The molecule has 164 valence electrons. The number of hydrogen-bond acceptors (Lipinski definition) is 5. The van der Waals surface area contributed by atoms with Gasteiger partial charge in [0, 0.05) is 25.4 Å². The van der Waals surface area contributed by atoms with E-state index in [1.54, 1.807) is 0 Å². The molecule has 2 rings (SSSR count). The van der Waals surface area contributed by atoms with Crippen LogP contribution < -0.4 is 10.6 Å². The van der Waals surface area contributed by atoms with E-state index in [0.29, 0.717) is 12.1 Å². The summed E-state index contributed by atoms with van der Waals surface area (Å²) >= 11 is 3.55. The maximum atomic E-state index is 6.78. The third-order valence-electron chi connectivity index (χ3n) is 5.91. The monoisotopic (exact) mass is 482 g/mol. The van der Waals surface area contributed by atoms with Gasteiger partial charge in [-0.05, 0) is 79.0 Å². The standard InChI is InChI=1S/C22H39BrN4OSi/c1-22(2,3)29(4,5)28-18-13-9-7-6-8-11-16-25-21-26-17-19(23)20(27-21)24-15-12-10-14-18/h6,8,17-18H,7,9-16H2,1-5H3,(H2,24,25,26,27)/b8-6-. The van der Waals surface area contributed by atoms with Gasteiger partial charge in [-0.3, -0.25) is 0 Å². The van der Waals surface area contributed by atoms with E-state index in [1.807, 2.05) is 6.20 Å². The molecule has 0 spiro atoms. The average Bonchev–Trinajstić information content (AvgIpc) is 2.63. The molecule has 0 radical (unpaired) electrons. The number of rotatable bonds is 2. The second-order valence-electron chi connectivity index (χ2n) is 9.43. The summed E-state index contributed by atoms with van der Waals surface area (Å²) in [5.74, 6) is 1.53. The third-order valence-corrected chi connectivity index (χ3v) is 11.0. The van der Waals surface area contributed by atoms with Gasteiger partial charge in [0.1, 0.15) is 5.82 Å². The second kappa shape index (κ2) is 11.5. The number of nitrogens with one attached hydrogen (secondary N) is 2. The van der Waals surface area contributed by atoms with Gasteiger partial charge in [0.05, 0.1) is 4.47 Å². The van der Waals surface area contributed by atoms with E-state index >= 15 is 0 Å². The van der Waals surface area contributed by atoms with Gasteiger partial charge in [-0.25, -0.2) is 4.98 Å². The molecule has 2 bridgehead atoms. The fraction of sp³-hybridized carbons (Fsp3) is 0.727. The van der Waals surface area contributed by atoms with Crippen LogP contribution in [-0.2, 0) is 4.43 Å². The Morgan fingerprint density at radius 2 is 1.76 bits per heavy atom. The van der Waals surface area contributed by atoms with Crippen LogP contribution in [-0.4, -0.2) is 37.5 Å². The Labute approximate surface area is 186 Å². The summed E-state index contributed by atoms with van der Waals surface area (Å²) in [6.45, 7) is 13.5. The van der Waals surface area contributed by atoms with Crippen molar-refractivity contribution in [3.8, 4) is 0 Å². The molecule has 0 saturated heterocycles. The van der Waals surface area contributed by atoms with E-state index in [4.69, 9.17) is 4.43 Å². The number of allylic oxidation sites excluding steroid dienone is 1. The fourth-order valence-corrected chi connectivity index (χ4v) is 4.86. The zero-order valence-electron chi connectivity index (χ0n) is 18.9. The van der Waals surface area contributed by atoms with Crippen molar-refractivity contribution in [2.45, 2.75) is 90.0 Å². The molecule has 1 aromatic rings. The minimum absolute atomic E-state index is 0.256. The highest BCUT2D eigenvalue weighted by Crippen LogP contribution is 2.38. The first-order valence-electron chi connectivity index (χ1n) is 11.0. The Balaban J connectivity index is 2.00. The molecular weight excluding hydrogens is 444 g/mol. The Morgan fingerprint density at radius 3 is 2.52 bits per heavy atom. The molecule has 5 nitrogen and oxygen atoms in total. The predicted molar refractivity (Wildman–Crippen MR) is 130 cm³/mol. The quantitative estimate of drug-likeness (QED) is 0.360. The molecule has 1 aliphatic rings. The lowest BCUT2D eigenvalue weighted by molar-refractivity contribution is 0.156. The first-order valence-corrected chi connectivity index (χ1v) is 14.7. The second-order valence-corrected chi connectivity index (χ2v) is 15.0. The number of fused-ring (bicyclic) bond motifs is 2. The molecule has 0 amide bonds. The maximum Gasteiger partial charge on any atom is 0.224 e. The molecule has 1 aromatic heterocycles. The van der Waals surface area contributed by atoms with Gasteiger partial charge < -0.3 is 15.1 Å². The fourth-order valence-electron chi connectivity index (χ4n) is 3.10. The van der Waals surface area contributed by atoms with Crippen molar-refractivity contribution in [2.75, 3.05) is 23.7 Å². The molecule has 7 heteroatoms. The first-order chi connectivity index (χ1) is 13.7. The van der Waals surface area contributed by atoms with Crippen LogP contribution in [0.3, 0.4) is 0 Å². The van der Waals surface area contributed by atoms with Crippen LogP contribution in [0.4, 0.5) is 11.8 Å². The lowest BCUT2D eigenvalue weighted by Gasteiger charge is -2.39. The summed E-state index contributed by atoms with van der Waals surface area (Å²) in [5, 5.41) is 7.01. The Hall–Kier alpha value is -0.923. The van der Waals surface area contributed by atoms with E-state index in [1.165, 1.54) is 6.42 Å². The van der Waals surface area contributed by atoms with Crippen molar-refractivity contribution in [1.82, 2.24) is 9.97 Å². The van der Waals surface area contributed by atoms with Crippen molar-refractivity contribution in [2.24, 2.45) is 0 Å². The molecule has 1 atom stereocenters. The zero-order chi connectivity index (χ0) is 21.3. The van der Waals surface area contributed by atoms with E-state index in [0.717, 1.165) is 61.9 Å². The van der Waals surface area contributed by atoms with E-state index in [9.17, 15) is 0 Å². The van der Waals surface area contributed by atoms with Crippen LogP contribution in [0.2, 0.25) is 18.1 Å². The molecule has 0 saturated carbocycles. The molecule has 0 fully saturated rings. The first kappa shape index (κ1) is 24.3. The SMILES string of the molecule is CC(C)(C)[Si](C)(C)OC1CCC/C=C\CCNc2ncc(Br)c(n2)NCCCC1. The lowest BCUT2D eigenvalue weighted by Crippen LogP contribution is -2.44. The summed E-state index contributed by atoms with van der Waals surface area (Å²) in [7, 11) is -1.74. The number of anilines is 2. The van der Waals surface area contributed by atoms with Gasteiger partial charge in [-0.15, -0.1) is 0 Å². The van der Waals surface area contributed by atoms with Crippen molar-refractivity contribution in [1.29, 1.82) is 0 Å². The van der Waals surface area contributed by atoms with Gasteiger partial charge in [0.25, 0.3) is 0 Å². The van der Waals surface area contributed by atoms with E-state index < -0.39 is 8.32 Å². The van der Waals surface area contributed by atoms with Gasteiger partial charge >= 0.3 is 0 Å². The number of aromatic nitrogens is 2. The third kappa shape index (κ3) is 8.38. The van der Waals surface area contributed by atoms with Crippen LogP contribution in [0.5, 0.6) is 0 Å². The van der Waals surface area contributed by atoms with E-state index in [2.05, 4.69) is 82.5 Å². The molecular formula is C22H39BrN4OSi. The predicted octanol–water partition coefficient (Wildman–Crippen LogP) is 6.75. The average molecular weight is 484 g/mol. The van der Waals surface area contributed by atoms with Crippen LogP contribution >= 0.6 is 15.9 Å². The zero-order valence-corrected chi connectivity index (χ0v) is 21.4. The summed E-state index contributed by atoms with van der Waals surface area (Å²) in [6, 6.07) is 0. The van der Waals surface area contributed by atoms with Gasteiger partial charge in [-0.2, -0.15) is 4.98 Å². The highest BCUT2D eigenvalue weighted by Gasteiger charge is 2.38. The Morgan fingerprint density at radius 1 is 1.03 bits per heavy atom. The number of halogens is 1. The molecule has 0 aliphatic carbocycles. The van der Waals surface area contributed by atoms with Crippen LogP contribution in [0, 0.1) is 0 Å². The van der Waals surface area contributed by atoms with Crippen LogP contribution in [0.25, 0.3) is 0 Å². The lowest BCUT2D eigenvalue weighted by atomic mass is 10.1. The smallest absolute Gasteiger partial charge is 0.224 e. The normalized spacial score (nSPS) is 21.5. The maximum absolute atomic E-state index is 6.78.